The Bertz CT molecular complexity index is 1500. The van der Waals surface area contributed by atoms with Crippen molar-refractivity contribution in [3.63, 3.8) is 0 Å². The number of alkyl halides is 3. The predicted octanol–water partition coefficient (Wildman–Crippen LogP) is 4.11. The molecule has 38 heavy (non-hydrogen) atoms. The Morgan fingerprint density at radius 2 is 1.87 bits per heavy atom. The lowest BCUT2D eigenvalue weighted by atomic mass is 10.1. The van der Waals surface area contributed by atoms with E-state index in [0.717, 1.165) is 21.4 Å². The zero-order valence-corrected chi connectivity index (χ0v) is 21.3. The molecule has 1 N–H and O–H groups in total. The van der Waals surface area contributed by atoms with E-state index in [9.17, 15) is 23.1 Å². The van der Waals surface area contributed by atoms with Gasteiger partial charge in [-0.05, 0) is 25.3 Å². The van der Waals surface area contributed by atoms with Crippen molar-refractivity contribution in [1.29, 1.82) is 0 Å². The molecule has 0 aliphatic carbocycles. The normalized spacial score (nSPS) is 14.8. The number of piperazine rings is 1. The highest BCUT2D eigenvalue weighted by atomic mass is 19.4. The van der Waals surface area contributed by atoms with E-state index in [2.05, 4.69) is 9.97 Å². The van der Waals surface area contributed by atoms with E-state index in [0.29, 0.717) is 23.3 Å². The number of pyridine rings is 1. The Morgan fingerprint density at radius 3 is 2.55 bits per heavy atom. The second-order valence-electron chi connectivity index (χ2n) is 9.79. The van der Waals surface area contributed by atoms with Gasteiger partial charge in [0.05, 0.1) is 17.6 Å². The number of benzene rings is 1. The van der Waals surface area contributed by atoms with Gasteiger partial charge < -0.3 is 24.4 Å². The van der Waals surface area contributed by atoms with Gasteiger partial charge in [0.15, 0.2) is 0 Å². The summed E-state index contributed by atoms with van der Waals surface area (Å²) in [7, 11) is 1.85. The summed E-state index contributed by atoms with van der Waals surface area (Å²) in [6, 6.07) is 9.86. The first-order valence-corrected chi connectivity index (χ1v) is 12.3. The van der Waals surface area contributed by atoms with Crippen molar-refractivity contribution < 1.29 is 23.1 Å². The van der Waals surface area contributed by atoms with Crippen LogP contribution in [0.1, 0.15) is 25.6 Å². The maximum Gasteiger partial charge on any atom is 0.406 e. The first-order chi connectivity index (χ1) is 18.0. The van der Waals surface area contributed by atoms with Crippen molar-refractivity contribution >= 4 is 39.3 Å². The molecule has 1 fully saturated rings. The predicted molar refractivity (Wildman–Crippen MR) is 138 cm³/mol. The van der Waals surface area contributed by atoms with E-state index < -0.39 is 18.6 Å². The van der Waals surface area contributed by atoms with E-state index >= 15 is 0 Å². The molecule has 9 nitrogen and oxygen atoms in total. The highest BCUT2D eigenvalue weighted by Crippen LogP contribution is 2.36. The second kappa shape index (κ2) is 9.66. The average molecular weight is 528 g/mol. The highest BCUT2D eigenvalue weighted by Gasteiger charge is 2.36. The largest absolute Gasteiger partial charge is 0.493 e. The minimum atomic E-state index is -4.47. The van der Waals surface area contributed by atoms with E-state index in [-0.39, 0.29) is 37.5 Å². The second-order valence-corrected chi connectivity index (χ2v) is 9.79. The number of nitrogens with zero attached hydrogens (tertiary/aromatic N) is 7. The van der Waals surface area contributed by atoms with Gasteiger partial charge in [0.2, 0.25) is 17.7 Å². The lowest BCUT2D eigenvalue weighted by Crippen LogP contribution is -2.53. The number of amides is 1. The summed E-state index contributed by atoms with van der Waals surface area (Å²) in [5.41, 5.74) is 1.12. The summed E-state index contributed by atoms with van der Waals surface area (Å²) in [6.07, 6.45) is -0.872. The van der Waals surface area contributed by atoms with Crippen LogP contribution >= 0.6 is 0 Å². The van der Waals surface area contributed by atoms with Gasteiger partial charge in [-0.2, -0.15) is 18.2 Å². The lowest BCUT2D eigenvalue weighted by molar-refractivity contribution is -0.161. The van der Waals surface area contributed by atoms with Crippen molar-refractivity contribution in [1.82, 2.24) is 24.4 Å². The van der Waals surface area contributed by atoms with Gasteiger partial charge in [-0.25, -0.2) is 4.98 Å². The molecule has 0 spiro atoms. The first kappa shape index (κ1) is 25.6. The van der Waals surface area contributed by atoms with Crippen LogP contribution in [0, 0.1) is 0 Å². The van der Waals surface area contributed by atoms with Gasteiger partial charge in [0, 0.05) is 44.0 Å². The Morgan fingerprint density at radius 1 is 1.13 bits per heavy atom. The van der Waals surface area contributed by atoms with Crippen LogP contribution < -0.4 is 9.80 Å². The Labute approximate surface area is 217 Å². The quantitative estimate of drug-likeness (QED) is 0.404. The van der Waals surface area contributed by atoms with Crippen molar-refractivity contribution in [2.75, 3.05) is 43.0 Å². The number of carbonyl (C=O) groups is 1. The minimum absolute atomic E-state index is 0.0424. The van der Waals surface area contributed by atoms with E-state index in [1.54, 1.807) is 15.7 Å². The molecule has 1 aliphatic rings. The topological polar surface area (TPSA) is 90.6 Å². The van der Waals surface area contributed by atoms with Gasteiger partial charge in [-0.1, -0.05) is 24.3 Å². The fourth-order valence-electron chi connectivity index (χ4n) is 4.68. The summed E-state index contributed by atoms with van der Waals surface area (Å²) in [5.74, 6) is -0.0156. The summed E-state index contributed by atoms with van der Waals surface area (Å²) in [4.78, 5) is 30.6. The molecule has 200 valence electrons. The van der Waals surface area contributed by atoms with Crippen LogP contribution in [0.15, 0.2) is 42.7 Å². The van der Waals surface area contributed by atoms with Crippen LogP contribution in [0.2, 0.25) is 0 Å². The van der Waals surface area contributed by atoms with Gasteiger partial charge in [0.1, 0.15) is 24.4 Å². The smallest absolute Gasteiger partial charge is 0.406 e. The summed E-state index contributed by atoms with van der Waals surface area (Å²) in [6.45, 7) is 2.70. The fraction of sp³-hybridized carbons (Fsp3) is 0.385. The number of hydrogen-bond donors (Lipinski definition) is 1. The molecular weight excluding hydrogens is 499 g/mol. The molecule has 4 aromatic rings. The van der Waals surface area contributed by atoms with Crippen LogP contribution in [0.4, 0.5) is 24.9 Å². The molecule has 0 unspecified atom stereocenters. The van der Waals surface area contributed by atoms with E-state index in [1.165, 1.54) is 0 Å². The first-order valence-electron chi connectivity index (χ1n) is 12.3. The van der Waals surface area contributed by atoms with Crippen LogP contribution in [-0.4, -0.2) is 74.8 Å². The molecule has 12 heteroatoms. The third-order valence-corrected chi connectivity index (χ3v) is 6.61. The van der Waals surface area contributed by atoms with Crippen LogP contribution in [0.25, 0.3) is 21.7 Å². The van der Waals surface area contributed by atoms with Gasteiger partial charge >= 0.3 is 6.18 Å². The summed E-state index contributed by atoms with van der Waals surface area (Å²) >= 11 is 0. The number of aromatic hydroxyl groups is 1. The standard InChI is InChI=1S/C26H28F3N7O2/c1-16(2)36-13-20-22(24(36)38)31-25(34-8-9-35(21(37)14-34)15-26(27,28)29)32-23(20)33(3)12-19-10-17-6-4-5-7-18(17)11-30-19/h4-7,10-11,13,16,38H,8-9,12,14-15H2,1-3H3. The minimum Gasteiger partial charge on any atom is -0.493 e. The Balaban J connectivity index is 1.50. The zero-order chi connectivity index (χ0) is 27.2. The maximum atomic E-state index is 12.9. The molecule has 1 amide bonds. The van der Waals surface area contributed by atoms with Gasteiger partial charge in [0.25, 0.3) is 0 Å². The third kappa shape index (κ3) is 5.02. The number of halogens is 3. The molecule has 1 saturated heterocycles. The molecule has 0 bridgehead atoms. The van der Waals surface area contributed by atoms with Gasteiger partial charge in [-0.3, -0.25) is 9.78 Å². The average Bonchev–Trinajstić information content (AvgIpc) is 3.20. The van der Waals surface area contributed by atoms with Crippen molar-refractivity contribution in [3.8, 4) is 5.88 Å². The van der Waals surface area contributed by atoms with E-state index in [4.69, 9.17) is 4.98 Å². The molecule has 0 saturated carbocycles. The van der Waals surface area contributed by atoms with Crippen LogP contribution in [0.3, 0.4) is 0 Å². The zero-order valence-electron chi connectivity index (χ0n) is 21.3. The van der Waals surface area contributed by atoms with Crippen LogP contribution in [-0.2, 0) is 11.3 Å². The number of aromatic nitrogens is 4. The van der Waals surface area contributed by atoms with Crippen molar-refractivity contribution in [2.24, 2.45) is 0 Å². The molecule has 5 rings (SSSR count). The number of fused-ring (bicyclic) bond motifs is 2. The summed E-state index contributed by atoms with van der Waals surface area (Å²) < 4.78 is 40.2. The molecule has 0 atom stereocenters. The third-order valence-electron chi connectivity index (χ3n) is 6.61. The number of rotatable bonds is 6. The number of anilines is 2. The fourth-order valence-corrected chi connectivity index (χ4v) is 4.68. The molecule has 1 aliphatic heterocycles. The molecule has 4 heterocycles. The summed E-state index contributed by atoms with van der Waals surface area (Å²) in [5, 5.41) is 13.6. The number of carbonyl (C=O) groups excluding carboxylic acids is 1. The van der Waals surface area contributed by atoms with Crippen molar-refractivity contribution in [3.05, 3.63) is 48.4 Å². The molecule has 3 aromatic heterocycles. The van der Waals surface area contributed by atoms with E-state index in [1.807, 2.05) is 62.3 Å². The monoisotopic (exact) mass is 527 g/mol. The molecule has 0 radical (unpaired) electrons. The Kier molecular flexibility index (Phi) is 6.49. The number of hydrogen-bond acceptors (Lipinski definition) is 7. The molecular formula is C26H28F3N7O2. The van der Waals surface area contributed by atoms with Crippen LogP contribution in [0.5, 0.6) is 5.88 Å². The van der Waals surface area contributed by atoms with Crippen molar-refractivity contribution in [2.45, 2.75) is 32.6 Å². The maximum absolute atomic E-state index is 12.9. The Hall–Kier alpha value is -4.09. The highest BCUT2D eigenvalue weighted by molar-refractivity contribution is 5.94. The van der Waals surface area contributed by atoms with Gasteiger partial charge in [-0.15, -0.1) is 0 Å². The SMILES string of the molecule is CC(C)n1cc2c(N(C)Cc3cc4ccccc4cn3)nc(N3CCN(CC(F)(F)F)C(=O)C3)nc2c1O. The molecule has 1 aromatic carbocycles. The lowest BCUT2D eigenvalue weighted by Gasteiger charge is -2.35.